The zero-order chi connectivity index (χ0) is 18.2. The normalized spacial score (nSPS) is 10.7. The zero-order valence-electron chi connectivity index (χ0n) is 14.4. The average Bonchev–Trinajstić information content (AvgIpc) is 2.68. The minimum absolute atomic E-state index is 0.0330. The molecule has 0 aliphatic rings. The topological polar surface area (TPSA) is 41.1 Å². The first-order valence-electron chi connectivity index (χ1n) is 8.57. The molecule has 4 heteroatoms. The van der Waals surface area contributed by atoms with Crippen LogP contribution in [0.3, 0.4) is 0 Å². The summed E-state index contributed by atoms with van der Waals surface area (Å²) in [4.78, 5) is 12.3. The van der Waals surface area contributed by atoms with Gasteiger partial charge in [-0.1, -0.05) is 84.4 Å². The molecule has 0 spiro atoms. The molecule has 3 aromatic carbocycles. The summed E-state index contributed by atoms with van der Waals surface area (Å²) < 4.78 is 0. The highest BCUT2D eigenvalue weighted by Gasteiger charge is 2.14. The van der Waals surface area contributed by atoms with Crippen molar-refractivity contribution in [2.45, 2.75) is 12.6 Å². The van der Waals surface area contributed by atoms with Crippen LogP contribution in [0.15, 0.2) is 84.9 Å². The van der Waals surface area contributed by atoms with Gasteiger partial charge in [-0.25, -0.2) is 0 Å². The molecule has 0 aliphatic heterocycles. The van der Waals surface area contributed by atoms with Crippen LogP contribution >= 0.6 is 11.6 Å². The van der Waals surface area contributed by atoms with E-state index in [4.69, 9.17) is 11.6 Å². The Morgan fingerprint density at radius 3 is 2.04 bits per heavy atom. The standard InChI is InChI=1S/C22H21ClN2O/c23-20-13-7-8-17(14-20)15-24-21(26)16-25-22(18-9-3-1-4-10-18)19-11-5-2-6-12-19/h1-14,22,25H,15-16H2,(H,24,26). The number of hydrogen-bond acceptors (Lipinski definition) is 2. The summed E-state index contributed by atoms with van der Waals surface area (Å²) in [6.45, 7) is 0.692. The van der Waals surface area contributed by atoms with E-state index in [0.29, 0.717) is 11.6 Å². The van der Waals surface area contributed by atoms with Crippen LogP contribution in [0.2, 0.25) is 5.02 Å². The highest BCUT2D eigenvalue weighted by molar-refractivity contribution is 6.30. The lowest BCUT2D eigenvalue weighted by atomic mass is 9.99. The molecule has 3 aromatic rings. The van der Waals surface area contributed by atoms with Gasteiger partial charge in [-0.2, -0.15) is 0 Å². The Bertz CT molecular complexity index is 798. The predicted molar refractivity (Wildman–Crippen MR) is 106 cm³/mol. The van der Waals surface area contributed by atoms with Crippen LogP contribution in [-0.4, -0.2) is 12.5 Å². The van der Waals surface area contributed by atoms with Crippen molar-refractivity contribution >= 4 is 17.5 Å². The second kappa shape index (κ2) is 9.18. The van der Waals surface area contributed by atoms with Crippen LogP contribution in [0.4, 0.5) is 0 Å². The summed E-state index contributed by atoms with van der Waals surface area (Å²) in [6, 6.07) is 27.7. The van der Waals surface area contributed by atoms with Crippen molar-refractivity contribution in [2.75, 3.05) is 6.54 Å². The fourth-order valence-electron chi connectivity index (χ4n) is 2.82. The highest BCUT2D eigenvalue weighted by Crippen LogP contribution is 2.21. The molecule has 0 aliphatic carbocycles. The second-order valence-corrected chi connectivity index (χ2v) is 6.48. The first-order chi connectivity index (χ1) is 12.7. The Labute approximate surface area is 159 Å². The third-order valence-corrected chi connectivity index (χ3v) is 4.35. The van der Waals surface area contributed by atoms with E-state index in [1.807, 2.05) is 60.7 Å². The molecular formula is C22H21ClN2O. The van der Waals surface area contributed by atoms with Crippen molar-refractivity contribution in [3.8, 4) is 0 Å². The molecule has 2 N–H and O–H groups in total. The number of carbonyl (C=O) groups is 1. The predicted octanol–water partition coefficient (Wildman–Crippen LogP) is 4.34. The van der Waals surface area contributed by atoms with Gasteiger partial charge in [-0.3, -0.25) is 10.1 Å². The van der Waals surface area contributed by atoms with E-state index in [-0.39, 0.29) is 18.5 Å². The van der Waals surface area contributed by atoms with Gasteiger partial charge in [0.25, 0.3) is 0 Å². The summed E-state index contributed by atoms with van der Waals surface area (Å²) in [7, 11) is 0. The molecule has 0 unspecified atom stereocenters. The fraction of sp³-hybridized carbons (Fsp3) is 0.136. The van der Waals surface area contributed by atoms with Gasteiger partial charge in [-0.05, 0) is 28.8 Å². The summed E-state index contributed by atoms with van der Waals surface area (Å²) in [5.41, 5.74) is 3.23. The number of carbonyl (C=O) groups excluding carboxylic acids is 1. The van der Waals surface area contributed by atoms with Crippen molar-refractivity contribution in [3.63, 3.8) is 0 Å². The maximum Gasteiger partial charge on any atom is 0.234 e. The zero-order valence-corrected chi connectivity index (χ0v) is 15.1. The van der Waals surface area contributed by atoms with Gasteiger partial charge < -0.3 is 5.32 Å². The third-order valence-electron chi connectivity index (χ3n) is 4.11. The Morgan fingerprint density at radius 2 is 1.46 bits per heavy atom. The van der Waals surface area contributed by atoms with Crippen molar-refractivity contribution in [1.29, 1.82) is 0 Å². The Hall–Kier alpha value is -2.62. The molecule has 0 saturated heterocycles. The molecule has 132 valence electrons. The number of hydrogen-bond donors (Lipinski definition) is 2. The van der Waals surface area contributed by atoms with Gasteiger partial charge in [0.05, 0.1) is 12.6 Å². The minimum atomic E-state index is -0.0539. The smallest absolute Gasteiger partial charge is 0.234 e. The van der Waals surface area contributed by atoms with Gasteiger partial charge in [0.1, 0.15) is 0 Å². The summed E-state index contributed by atoms with van der Waals surface area (Å²) >= 11 is 5.97. The number of rotatable bonds is 7. The van der Waals surface area contributed by atoms with Gasteiger partial charge in [0.2, 0.25) is 5.91 Å². The van der Waals surface area contributed by atoms with Crippen molar-refractivity contribution in [1.82, 2.24) is 10.6 Å². The molecule has 1 amide bonds. The molecular weight excluding hydrogens is 344 g/mol. The Kier molecular flexibility index (Phi) is 6.42. The maximum absolute atomic E-state index is 12.3. The molecule has 0 fully saturated rings. The van der Waals surface area contributed by atoms with Gasteiger partial charge in [0.15, 0.2) is 0 Å². The maximum atomic E-state index is 12.3. The van der Waals surface area contributed by atoms with E-state index >= 15 is 0 Å². The van der Waals surface area contributed by atoms with Crippen LogP contribution < -0.4 is 10.6 Å². The fourth-order valence-corrected chi connectivity index (χ4v) is 3.04. The molecule has 3 nitrogen and oxygen atoms in total. The number of nitrogens with one attached hydrogen (secondary N) is 2. The molecule has 0 radical (unpaired) electrons. The summed E-state index contributed by atoms with van der Waals surface area (Å²) in [5.74, 6) is -0.0539. The van der Waals surface area contributed by atoms with Gasteiger partial charge in [0, 0.05) is 11.6 Å². The average molecular weight is 365 g/mol. The van der Waals surface area contributed by atoms with Crippen LogP contribution in [0.5, 0.6) is 0 Å². The number of amides is 1. The SMILES string of the molecule is O=C(CNC(c1ccccc1)c1ccccc1)NCc1cccc(Cl)c1. The monoisotopic (exact) mass is 364 g/mol. The van der Waals surface area contributed by atoms with Crippen LogP contribution in [0, 0.1) is 0 Å². The van der Waals surface area contributed by atoms with Crippen molar-refractivity contribution in [2.24, 2.45) is 0 Å². The first kappa shape index (κ1) is 18.2. The van der Waals surface area contributed by atoms with Crippen LogP contribution in [0.1, 0.15) is 22.7 Å². The van der Waals surface area contributed by atoms with E-state index in [2.05, 4.69) is 34.9 Å². The van der Waals surface area contributed by atoms with Crippen LogP contribution in [0.25, 0.3) is 0 Å². The van der Waals surface area contributed by atoms with Crippen molar-refractivity contribution in [3.05, 3.63) is 107 Å². The Morgan fingerprint density at radius 1 is 0.846 bits per heavy atom. The lowest BCUT2D eigenvalue weighted by molar-refractivity contribution is -0.120. The van der Waals surface area contributed by atoms with E-state index in [1.54, 1.807) is 0 Å². The third kappa shape index (κ3) is 5.19. The second-order valence-electron chi connectivity index (χ2n) is 6.04. The molecule has 3 rings (SSSR count). The highest BCUT2D eigenvalue weighted by atomic mass is 35.5. The Balaban J connectivity index is 1.61. The number of benzene rings is 3. The quantitative estimate of drug-likeness (QED) is 0.655. The summed E-state index contributed by atoms with van der Waals surface area (Å²) in [5, 5.41) is 6.96. The number of halogens is 1. The van der Waals surface area contributed by atoms with E-state index < -0.39 is 0 Å². The van der Waals surface area contributed by atoms with Crippen LogP contribution in [-0.2, 0) is 11.3 Å². The van der Waals surface area contributed by atoms with Gasteiger partial charge in [-0.15, -0.1) is 0 Å². The van der Waals surface area contributed by atoms with E-state index in [0.717, 1.165) is 16.7 Å². The largest absolute Gasteiger partial charge is 0.351 e. The van der Waals surface area contributed by atoms with Crippen molar-refractivity contribution < 1.29 is 4.79 Å². The van der Waals surface area contributed by atoms with Gasteiger partial charge >= 0.3 is 0 Å². The molecule has 0 heterocycles. The molecule has 0 atom stereocenters. The molecule has 0 bridgehead atoms. The van der Waals surface area contributed by atoms with E-state index in [1.165, 1.54) is 0 Å². The summed E-state index contributed by atoms with van der Waals surface area (Å²) in [6.07, 6.45) is 0. The lowest BCUT2D eigenvalue weighted by Crippen LogP contribution is -2.35. The first-order valence-corrected chi connectivity index (χ1v) is 8.94. The molecule has 26 heavy (non-hydrogen) atoms. The minimum Gasteiger partial charge on any atom is -0.351 e. The molecule has 0 aromatic heterocycles. The molecule has 0 saturated carbocycles. The lowest BCUT2D eigenvalue weighted by Gasteiger charge is -2.19. The van der Waals surface area contributed by atoms with E-state index in [9.17, 15) is 4.79 Å².